The first kappa shape index (κ1) is 15.6. The second kappa shape index (κ2) is 6.35. The van der Waals surface area contributed by atoms with E-state index in [1.165, 1.54) is 18.2 Å². The highest BCUT2D eigenvalue weighted by atomic mass is 35.5. The first-order chi connectivity index (χ1) is 9.36. The summed E-state index contributed by atoms with van der Waals surface area (Å²) in [4.78, 5) is 8.39. The van der Waals surface area contributed by atoms with E-state index >= 15 is 0 Å². The Balaban J connectivity index is 2.37. The number of nitrogens with zero attached hydrogens (tertiary/aromatic N) is 2. The number of ether oxygens (including phenoxy) is 1. The van der Waals surface area contributed by atoms with Crippen molar-refractivity contribution in [3.63, 3.8) is 0 Å². The zero-order valence-electron chi connectivity index (χ0n) is 10.6. The predicted molar refractivity (Wildman–Crippen MR) is 82.7 cm³/mol. The van der Waals surface area contributed by atoms with E-state index in [0.29, 0.717) is 37.7 Å². The lowest BCUT2D eigenvalue weighted by Gasteiger charge is -2.10. The van der Waals surface area contributed by atoms with Crippen LogP contribution in [0.2, 0.25) is 20.2 Å². The van der Waals surface area contributed by atoms with Crippen molar-refractivity contribution in [1.82, 2.24) is 9.97 Å². The molecule has 1 heterocycles. The monoisotopic (exact) mass is 350 g/mol. The topological polar surface area (TPSA) is 35.0 Å². The average Bonchev–Trinajstić information content (AvgIpc) is 2.35. The van der Waals surface area contributed by atoms with Crippen LogP contribution >= 0.6 is 46.4 Å². The minimum atomic E-state index is 0.125. The third kappa shape index (κ3) is 3.67. The molecule has 1 aromatic heterocycles. The molecule has 0 aliphatic carbocycles. The summed E-state index contributed by atoms with van der Waals surface area (Å²) in [5, 5.41) is 1.33. The second-order valence-electron chi connectivity index (χ2n) is 4.34. The third-order valence-corrected chi connectivity index (χ3v) is 3.61. The number of halogens is 4. The minimum absolute atomic E-state index is 0.125. The van der Waals surface area contributed by atoms with Gasteiger partial charge >= 0.3 is 0 Å². The number of aromatic nitrogens is 2. The van der Waals surface area contributed by atoms with Gasteiger partial charge in [0.25, 0.3) is 0 Å². The summed E-state index contributed by atoms with van der Waals surface area (Å²) in [6, 6.07) is 4.54. The predicted octanol–water partition coefficient (Wildman–Crippen LogP) is 6.01. The molecule has 0 amide bonds. The summed E-state index contributed by atoms with van der Waals surface area (Å²) in [6.07, 6.45) is 0. The van der Waals surface area contributed by atoms with Gasteiger partial charge in [-0.3, -0.25) is 0 Å². The molecule has 3 nitrogen and oxygen atoms in total. The Hall–Kier alpha value is -0.740. The Morgan fingerprint density at radius 1 is 0.900 bits per heavy atom. The van der Waals surface area contributed by atoms with E-state index in [1.54, 1.807) is 0 Å². The normalized spacial score (nSPS) is 10.9. The molecule has 1 aromatic carbocycles. The fraction of sp³-hybridized carbons (Fsp3) is 0.231. The standard InChI is InChI=1S/C13H10Cl4N2O/c1-6(2)13-18-11(17)5-12(19-13)20-10-4-8(15)7(14)3-9(10)16/h3-6H,1-2H3. The summed E-state index contributed by atoms with van der Waals surface area (Å²) >= 11 is 23.8. The molecule has 20 heavy (non-hydrogen) atoms. The highest BCUT2D eigenvalue weighted by molar-refractivity contribution is 6.43. The smallest absolute Gasteiger partial charge is 0.224 e. The summed E-state index contributed by atoms with van der Waals surface area (Å²) < 4.78 is 5.61. The molecule has 0 fully saturated rings. The molecule has 0 atom stereocenters. The molecule has 0 aliphatic heterocycles. The van der Waals surface area contributed by atoms with Crippen LogP contribution < -0.4 is 4.74 Å². The lowest BCUT2D eigenvalue weighted by Crippen LogP contribution is -2.00. The maximum Gasteiger partial charge on any atom is 0.224 e. The van der Waals surface area contributed by atoms with Gasteiger partial charge in [0.05, 0.1) is 15.1 Å². The van der Waals surface area contributed by atoms with Crippen molar-refractivity contribution in [2.45, 2.75) is 19.8 Å². The van der Waals surface area contributed by atoms with Gasteiger partial charge in [-0.05, 0) is 6.07 Å². The lowest BCUT2D eigenvalue weighted by atomic mass is 10.2. The zero-order chi connectivity index (χ0) is 14.9. The third-order valence-electron chi connectivity index (χ3n) is 2.39. The Morgan fingerprint density at radius 2 is 1.55 bits per heavy atom. The summed E-state index contributed by atoms with van der Waals surface area (Å²) in [6.45, 7) is 3.92. The van der Waals surface area contributed by atoms with Crippen LogP contribution in [0.3, 0.4) is 0 Å². The van der Waals surface area contributed by atoms with Crippen LogP contribution in [0.1, 0.15) is 25.6 Å². The van der Waals surface area contributed by atoms with Crippen LogP contribution in [0, 0.1) is 0 Å². The van der Waals surface area contributed by atoms with Crippen molar-refractivity contribution >= 4 is 46.4 Å². The van der Waals surface area contributed by atoms with Gasteiger partial charge in [-0.1, -0.05) is 60.3 Å². The number of hydrogen-bond donors (Lipinski definition) is 0. The largest absolute Gasteiger partial charge is 0.437 e. The molecule has 106 valence electrons. The van der Waals surface area contributed by atoms with E-state index < -0.39 is 0 Å². The molecule has 2 aromatic rings. The molecule has 0 N–H and O–H groups in total. The quantitative estimate of drug-likeness (QED) is 0.502. The number of hydrogen-bond acceptors (Lipinski definition) is 3. The van der Waals surface area contributed by atoms with Gasteiger partial charge in [0.1, 0.15) is 16.7 Å². The Kier molecular flexibility index (Phi) is 4.97. The SMILES string of the molecule is CC(C)c1nc(Cl)cc(Oc2cc(Cl)c(Cl)cc2Cl)n1. The molecule has 2 rings (SSSR count). The highest BCUT2D eigenvalue weighted by Gasteiger charge is 2.12. The summed E-state index contributed by atoms with van der Waals surface area (Å²) in [5.74, 6) is 1.36. The fourth-order valence-electron chi connectivity index (χ4n) is 1.42. The van der Waals surface area contributed by atoms with Gasteiger partial charge in [0.2, 0.25) is 5.88 Å². The highest BCUT2D eigenvalue weighted by Crippen LogP contribution is 2.36. The van der Waals surface area contributed by atoms with E-state index in [0.717, 1.165) is 0 Å². The van der Waals surface area contributed by atoms with E-state index in [2.05, 4.69) is 9.97 Å². The van der Waals surface area contributed by atoms with Gasteiger partial charge in [-0.15, -0.1) is 0 Å². The van der Waals surface area contributed by atoms with E-state index in [-0.39, 0.29) is 5.92 Å². The summed E-state index contributed by atoms with van der Waals surface area (Å²) in [5.41, 5.74) is 0. The molecule has 0 spiro atoms. The first-order valence-corrected chi connectivity index (χ1v) is 7.25. The molecule has 0 radical (unpaired) electrons. The van der Waals surface area contributed by atoms with Crippen LogP contribution in [0.4, 0.5) is 0 Å². The maximum atomic E-state index is 6.05. The van der Waals surface area contributed by atoms with Crippen LogP contribution in [0.5, 0.6) is 11.6 Å². The van der Waals surface area contributed by atoms with E-state index in [4.69, 9.17) is 51.1 Å². The molecule has 0 aliphatic rings. The van der Waals surface area contributed by atoms with Crippen LogP contribution in [-0.4, -0.2) is 9.97 Å². The Morgan fingerprint density at radius 3 is 2.20 bits per heavy atom. The minimum Gasteiger partial charge on any atom is -0.437 e. The van der Waals surface area contributed by atoms with Gasteiger partial charge < -0.3 is 4.74 Å². The average molecular weight is 352 g/mol. The van der Waals surface area contributed by atoms with E-state index in [9.17, 15) is 0 Å². The zero-order valence-corrected chi connectivity index (χ0v) is 13.6. The first-order valence-electron chi connectivity index (χ1n) is 5.73. The van der Waals surface area contributed by atoms with Crippen molar-refractivity contribution < 1.29 is 4.74 Å². The van der Waals surface area contributed by atoms with Crippen molar-refractivity contribution in [3.8, 4) is 11.6 Å². The lowest BCUT2D eigenvalue weighted by molar-refractivity contribution is 0.457. The molecule has 0 saturated carbocycles. The molecule has 0 unspecified atom stereocenters. The van der Waals surface area contributed by atoms with Crippen LogP contribution in [-0.2, 0) is 0 Å². The Labute approximate surface area is 136 Å². The molecule has 0 saturated heterocycles. The van der Waals surface area contributed by atoms with Crippen molar-refractivity contribution in [2.75, 3.05) is 0 Å². The fourth-order valence-corrected chi connectivity index (χ4v) is 2.17. The Bertz CT molecular complexity index is 647. The maximum absolute atomic E-state index is 6.05. The van der Waals surface area contributed by atoms with E-state index in [1.807, 2.05) is 13.8 Å². The summed E-state index contributed by atoms with van der Waals surface area (Å²) in [7, 11) is 0. The number of rotatable bonds is 3. The van der Waals surface area contributed by atoms with Gasteiger partial charge in [0.15, 0.2) is 0 Å². The molecule has 0 bridgehead atoms. The molecular formula is C13H10Cl4N2O. The van der Waals surface area contributed by atoms with Crippen molar-refractivity contribution in [1.29, 1.82) is 0 Å². The van der Waals surface area contributed by atoms with Gasteiger partial charge in [0, 0.05) is 18.1 Å². The van der Waals surface area contributed by atoms with Gasteiger partial charge in [-0.2, -0.15) is 4.98 Å². The van der Waals surface area contributed by atoms with Gasteiger partial charge in [-0.25, -0.2) is 4.98 Å². The number of benzene rings is 1. The molecule has 7 heteroatoms. The van der Waals surface area contributed by atoms with Crippen molar-refractivity contribution in [2.24, 2.45) is 0 Å². The van der Waals surface area contributed by atoms with Crippen LogP contribution in [0.15, 0.2) is 18.2 Å². The van der Waals surface area contributed by atoms with Crippen LogP contribution in [0.25, 0.3) is 0 Å². The van der Waals surface area contributed by atoms with Crippen molar-refractivity contribution in [3.05, 3.63) is 44.2 Å². The second-order valence-corrected chi connectivity index (χ2v) is 5.95. The molecular weight excluding hydrogens is 342 g/mol.